The number of benzene rings is 2. The molecule has 1 heterocycles. The van der Waals surface area contributed by atoms with Gasteiger partial charge in [-0.3, -0.25) is 9.78 Å². The zero-order valence-corrected chi connectivity index (χ0v) is 23.1. The van der Waals surface area contributed by atoms with Crippen molar-refractivity contribution < 1.29 is 24.2 Å². The number of rotatable bonds is 10. The number of carboxylic acids is 1. The van der Waals surface area contributed by atoms with Gasteiger partial charge in [0, 0.05) is 36.2 Å². The summed E-state index contributed by atoms with van der Waals surface area (Å²) in [6, 6.07) is 19.6. The molecule has 0 saturated carbocycles. The van der Waals surface area contributed by atoms with Gasteiger partial charge in [0.1, 0.15) is 11.6 Å². The molecule has 3 rings (SSSR count). The number of amides is 2. The van der Waals surface area contributed by atoms with Crippen molar-refractivity contribution in [3.05, 3.63) is 89.6 Å². The molecule has 0 saturated heterocycles. The molecule has 2 atom stereocenters. The topological polar surface area (TPSA) is 118 Å². The number of nitrogens with one attached hydrogen (secondary N) is 2. The Morgan fingerprint density at radius 1 is 0.949 bits per heavy atom. The average Bonchev–Trinajstić information content (AvgIpc) is 2.88. The third kappa shape index (κ3) is 8.95. The summed E-state index contributed by atoms with van der Waals surface area (Å²) >= 11 is 0. The summed E-state index contributed by atoms with van der Waals surface area (Å²) in [7, 11) is 0. The molecule has 206 valence electrons. The fraction of sp³-hybridized carbons (Fsp3) is 0.355. The van der Waals surface area contributed by atoms with Crippen molar-refractivity contribution in [1.82, 2.24) is 15.6 Å². The van der Waals surface area contributed by atoms with Crippen LogP contribution in [0.5, 0.6) is 0 Å². The molecule has 2 amide bonds. The molecular weight excluding hydrogens is 494 g/mol. The summed E-state index contributed by atoms with van der Waals surface area (Å²) in [5.74, 6) is -0.950. The lowest BCUT2D eigenvalue weighted by Gasteiger charge is -2.22. The first kappa shape index (κ1) is 29.4. The number of carbonyl (C=O) groups excluding carboxylic acids is 2. The molecular formula is C31H37N3O5. The third-order valence-electron chi connectivity index (χ3n) is 6.23. The van der Waals surface area contributed by atoms with Crippen LogP contribution in [0.2, 0.25) is 0 Å². The second kappa shape index (κ2) is 13.0. The smallest absolute Gasteiger partial charge is 0.408 e. The lowest BCUT2D eigenvalue weighted by atomic mass is 9.87. The molecule has 2 aromatic carbocycles. The number of aliphatic carboxylic acids is 1. The molecule has 0 aliphatic rings. The van der Waals surface area contributed by atoms with Crippen LogP contribution in [0.4, 0.5) is 4.79 Å². The van der Waals surface area contributed by atoms with Crippen molar-refractivity contribution >= 4 is 18.0 Å². The molecule has 1 aromatic heterocycles. The second-order valence-corrected chi connectivity index (χ2v) is 10.8. The van der Waals surface area contributed by atoms with Gasteiger partial charge < -0.3 is 20.5 Å². The van der Waals surface area contributed by atoms with E-state index in [0.29, 0.717) is 23.6 Å². The normalized spacial score (nSPS) is 12.9. The van der Waals surface area contributed by atoms with Crippen LogP contribution in [0.15, 0.2) is 72.9 Å². The van der Waals surface area contributed by atoms with Gasteiger partial charge in [-0.2, -0.15) is 0 Å². The van der Waals surface area contributed by atoms with Crippen molar-refractivity contribution in [2.24, 2.45) is 5.92 Å². The van der Waals surface area contributed by atoms with Crippen molar-refractivity contribution in [1.29, 1.82) is 0 Å². The first-order valence-corrected chi connectivity index (χ1v) is 13.0. The van der Waals surface area contributed by atoms with Gasteiger partial charge in [0.2, 0.25) is 0 Å². The van der Waals surface area contributed by atoms with Gasteiger partial charge >= 0.3 is 12.1 Å². The molecule has 8 nitrogen and oxygen atoms in total. The van der Waals surface area contributed by atoms with Gasteiger partial charge in [-0.05, 0) is 62.1 Å². The number of pyridine rings is 1. The maximum Gasteiger partial charge on any atom is 0.408 e. The van der Waals surface area contributed by atoms with Gasteiger partial charge in [-0.25, -0.2) is 9.59 Å². The van der Waals surface area contributed by atoms with Gasteiger partial charge in [-0.1, -0.05) is 56.3 Å². The Labute approximate surface area is 229 Å². The van der Waals surface area contributed by atoms with E-state index in [9.17, 15) is 19.5 Å². The fourth-order valence-electron chi connectivity index (χ4n) is 4.16. The van der Waals surface area contributed by atoms with Gasteiger partial charge in [0.15, 0.2) is 0 Å². The number of hydrogen-bond acceptors (Lipinski definition) is 5. The summed E-state index contributed by atoms with van der Waals surface area (Å²) in [5, 5.41) is 14.9. The Bertz CT molecular complexity index is 1250. The first-order valence-electron chi connectivity index (χ1n) is 13.0. The van der Waals surface area contributed by atoms with Gasteiger partial charge in [0.25, 0.3) is 5.91 Å². The summed E-state index contributed by atoms with van der Waals surface area (Å²) in [4.78, 5) is 40.9. The van der Waals surface area contributed by atoms with E-state index < -0.39 is 23.7 Å². The molecule has 1 unspecified atom stereocenters. The lowest BCUT2D eigenvalue weighted by Crippen LogP contribution is -2.44. The third-order valence-corrected chi connectivity index (χ3v) is 6.23. The fourth-order valence-corrected chi connectivity index (χ4v) is 4.16. The molecule has 3 N–H and O–H groups in total. The molecule has 0 fully saturated rings. The van der Waals surface area contributed by atoms with Crippen molar-refractivity contribution in [2.45, 2.75) is 58.6 Å². The number of aromatic nitrogens is 1. The molecule has 3 aromatic rings. The highest BCUT2D eigenvalue weighted by molar-refractivity contribution is 5.94. The van der Waals surface area contributed by atoms with Crippen LogP contribution in [-0.2, 0) is 16.0 Å². The van der Waals surface area contributed by atoms with E-state index in [1.807, 2.05) is 18.2 Å². The first-order chi connectivity index (χ1) is 18.4. The molecule has 0 aliphatic carbocycles. The van der Waals surface area contributed by atoms with Crippen molar-refractivity contribution in [2.75, 3.05) is 6.54 Å². The van der Waals surface area contributed by atoms with Crippen molar-refractivity contribution in [3.63, 3.8) is 0 Å². The summed E-state index contributed by atoms with van der Waals surface area (Å²) in [6.45, 7) is 9.84. The molecule has 8 heteroatoms. The Morgan fingerprint density at radius 2 is 1.62 bits per heavy atom. The summed E-state index contributed by atoms with van der Waals surface area (Å²) in [5.41, 5.74) is 3.49. The number of hydrogen-bond donors (Lipinski definition) is 3. The van der Waals surface area contributed by atoms with E-state index in [1.165, 1.54) is 0 Å². The molecule has 39 heavy (non-hydrogen) atoms. The highest BCUT2D eigenvalue weighted by Crippen LogP contribution is 2.26. The van der Waals surface area contributed by atoms with Gasteiger partial charge in [-0.15, -0.1) is 0 Å². The van der Waals surface area contributed by atoms with Crippen molar-refractivity contribution in [3.8, 4) is 11.3 Å². The highest BCUT2D eigenvalue weighted by atomic mass is 16.6. The Kier molecular flexibility index (Phi) is 9.82. The van der Waals surface area contributed by atoms with Crippen LogP contribution >= 0.6 is 0 Å². The minimum atomic E-state index is -1.17. The van der Waals surface area contributed by atoms with E-state index in [1.54, 1.807) is 51.2 Å². The van der Waals surface area contributed by atoms with Crippen LogP contribution in [0, 0.1) is 5.92 Å². The average molecular weight is 532 g/mol. The van der Waals surface area contributed by atoms with E-state index in [2.05, 4.69) is 53.7 Å². The maximum absolute atomic E-state index is 12.9. The number of ether oxygens (including phenoxy) is 1. The number of carboxylic acid groups (broad SMARTS) is 1. The lowest BCUT2D eigenvalue weighted by molar-refractivity contribution is -0.139. The minimum Gasteiger partial charge on any atom is -0.480 e. The Morgan fingerprint density at radius 3 is 2.15 bits per heavy atom. The maximum atomic E-state index is 12.9. The Hall–Kier alpha value is -4.20. The molecule has 0 radical (unpaired) electrons. The molecule has 0 aliphatic heterocycles. The van der Waals surface area contributed by atoms with E-state index in [0.717, 1.165) is 16.8 Å². The highest BCUT2D eigenvalue weighted by Gasteiger charge is 2.24. The minimum absolute atomic E-state index is 0.0559. The van der Waals surface area contributed by atoms with E-state index in [4.69, 9.17) is 4.74 Å². The predicted molar refractivity (Wildman–Crippen MR) is 151 cm³/mol. The zero-order valence-electron chi connectivity index (χ0n) is 23.1. The number of nitrogens with zero attached hydrogens (tertiary/aromatic N) is 1. The predicted octanol–water partition coefficient (Wildman–Crippen LogP) is 5.44. The quantitative estimate of drug-likeness (QED) is 0.321. The SMILES string of the molecule is CC(C)[C@@H](CNC(=O)c1ccc(CC(NC(=O)OC(C)(C)C)C(=O)O)cc1)c1ccc(-c2ccccn2)cc1. The molecule has 0 bridgehead atoms. The van der Waals surface area contributed by atoms with E-state index in [-0.39, 0.29) is 18.2 Å². The van der Waals surface area contributed by atoms with Crippen LogP contribution in [-0.4, -0.2) is 46.2 Å². The summed E-state index contributed by atoms with van der Waals surface area (Å²) in [6.07, 6.45) is 1.03. The van der Waals surface area contributed by atoms with Crippen LogP contribution in [0.3, 0.4) is 0 Å². The van der Waals surface area contributed by atoms with Crippen LogP contribution < -0.4 is 10.6 Å². The van der Waals surface area contributed by atoms with Crippen LogP contribution in [0.1, 0.15) is 62.0 Å². The number of alkyl carbamates (subject to hydrolysis) is 1. The van der Waals surface area contributed by atoms with Crippen LogP contribution in [0.25, 0.3) is 11.3 Å². The monoisotopic (exact) mass is 531 g/mol. The second-order valence-electron chi connectivity index (χ2n) is 10.8. The summed E-state index contributed by atoms with van der Waals surface area (Å²) < 4.78 is 5.16. The van der Waals surface area contributed by atoms with Gasteiger partial charge in [0.05, 0.1) is 5.69 Å². The zero-order chi connectivity index (χ0) is 28.6. The van der Waals surface area contributed by atoms with E-state index >= 15 is 0 Å². The largest absolute Gasteiger partial charge is 0.480 e. The standard InChI is InChI=1S/C31H37N3O5/c1-20(2)25(22-13-15-23(16-14-22)26-8-6-7-17-32-26)19-33-28(35)24-11-9-21(10-12-24)18-27(29(36)37)34-30(38)39-31(3,4)5/h6-17,20,25,27H,18-19H2,1-5H3,(H,33,35)(H,34,38)(H,36,37)/t25-,27?/m1/s1. The number of carbonyl (C=O) groups is 3. The Balaban J connectivity index is 1.60. The molecule has 0 spiro atoms.